The van der Waals surface area contributed by atoms with Crippen LogP contribution in [0, 0.1) is 5.82 Å². The number of benzene rings is 1. The second kappa shape index (κ2) is 3.31. The molecule has 13 heavy (non-hydrogen) atoms. The van der Waals surface area contributed by atoms with Gasteiger partial charge in [0.05, 0.1) is 0 Å². The van der Waals surface area contributed by atoms with Gasteiger partial charge in [0, 0.05) is 17.0 Å². The Morgan fingerprint density at radius 2 is 2.31 bits per heavy atom. The van der Waals surface area contributed by atoms with Gasteiger partial charge in [0.2, 0.25) is 0 Å². The van der Waals surface area contributed by atoms with Crippen molar-refractivity contribution in [3.63, 3.8) is 0 Å². The van der Waals surface area contributed by atoms with E-state index in [1.807, 2.05) is 17.8 Å². The Balaban J connectivity index is 2.45. The topological polar surface area (TPSA) is 26.0 Å². The van der Waals surface area contributed by atoms with Crippen molar-refractivity contribution >= 4 is 11.8 Å². The van der Waals surface area contributed by atoms with E-state index >= 15 is 0 Å². The van der Waals surface area contributed by atoms with Gasteiger partial charge in [-0.2, -0.15) is 11.8 Å². The van der Waals surface area contributed by atoms with Gasteiger partial charge in [-0.15, -0.1) is 0 Å². The van der Waals surface area contributed by atoms with Crippen LogP contribution in [0.25, 0.3) is 0 Å². The molecule has 1 aliphatic rings. The van der Waals surface area contributed by atoms with Crippen LogP contribution in [0.15, 0.2) is 18.2 Å². The minimum Gasteiger partial charge on any atom is -0.323 e. The number of nitrogens with two attached hydrogens (primary N) is 1. The lowest BCUT2D eigenvalue weighted by Gasteiger charge is -2.27. The zero-order valence-electron chi connectivity index (χ0n) is 7.46. The summed E-state index contributed by atoms with van der Waals surface area (Å²) in [7, 11) is 0. The summed E-state index contributed by atoms with van der Waals surface area (Å²) in [6.45, 7) is 2.09. The molecule has 2 unspecified atom stereocenters. The van der Waals surface area contributed by atoms with E-state index in [-0.39, 0.29) is 11.9 Å². The van der Waals surface area contributed by atoms with Crippen LogP contribution in [0.1, 0.15) is 24.1 Å². The maximum absolute atomic E-state index is 12.9. The first-order valence-electron chi connectivity index (χ1n) is 4.34. The second-order valence-corrected chi connectivity index (χ2v) is 4.75. The van der Waals surface area contributed by atoms with E-state index in [9.17, 15) is 4.39 Å². The summed E-state index contributed by atoms with van der Waals surface area (Å²) in [6, 6.07) is 4.88. The van der Waals surface area contributed by atoms with Crippen molar-refractivity contribution in [1.29, 1.82) is 0 Å². The van der Waals surface area contributed by atoms with Crippen LogP contribution in [0.5, 0.6) is 0 Å². The molecule has 1 aromatic rings. The van der Waals surface area contributed by atoms with Gasteiger partial charge in [-0.05, 0) is 23.3 Å². The fourth-order valence-corrected chi connectivity index (χ4v) is 2.64. The Labute approximate surface area is 81.5 Å². The molecule has 1 nitrogen and oxygen atoms in total. The summed E-state index contributed by atoms with van der Waals surface area (Å²) in [5.41, 5.74) is 8.13. The number of thioether (sulfide) groups is 1. The molecule has 0 fully saturated rings. The first-order valence-corrected chi connectivity index (χ1v) is 5.39. The molecule has 70 valence electrons. The first-order chi connectivity index (χ1) is 6.18. The second-order valence-electron chi connectivity index (χ2n) is 3.39. The number of halogens is 1. The standard InChI is InChI=1S/C10H12FNS/c1-6-10(12)9-4-8(11)3-2-7(9)5-13-6/h2-4,6,10H,5,12H2,1H3. The number of hydrogen-bond donors (Lipinski definition) is 1. The highest BCUT2D eigenvalue weighted by Gasteiger charge is 2.23. The van der Waals surface area contributed by atoms with Crippen LogP contribution in [-0.4, -0.2) is 5.25 Å². The van der Waals surface area contributed by atoms with E-state index in [4.69, 9.17) is 5.73 Å². The minimum absolute atomic E-state index is 0.0237. The largest absolute Gasteiger partial charge is 0.323 e. The lowest BCUT2D eigenvalue weighted by Crippen LogP contribution is -2.26. The molecule has 1 heterocycles. The molecule has 0 spiro atoms. The Bertz CT molecular complexity index is 327. The molecule has 2 rings (SSSR count). The third-order valence-electron chi connectivity index (χ3n) is 2.47. The number of rotatable bonds is 0. The van der Waals surface area contributed by atoms with Crippen LogP contribution >= 0.6 is 11.8 Å². The zero-order chi connectivity index (χ0) is 9.42. The molecule has 0 bridgehead atoms. The predicted octanol–water partition coefficient (Wildman–Crippen LogP) is 2.46. The minimum atomic E-state index is -0.187. The average molecular weight is 197 g/mol. The van der Waals surface area contributed by atoms with Gasteiger partial charge in [0.15, 0.2) is 0 Å². The molecule has 0 aromatic heterocycles. The molecule has 0 amide bonds. The van der Waals surface area contributed by atoms with Crippen LogP contribution in [0.2, 0.25) is 0 Å². The molecule has 2 N–H and O–H groups in total. The van der Waals surface area contributed by atoms with Crippen molar-refractivity contribution < 1.29 is 4.39 Å². The van der Waals surface area contributed by atoms with Crippen molar-refractivity contribution in [1.82, 2.24) is 0 Å². The summed E-state index contributed by atoms with van der Waals surface area (Å²) >= 11 is 1.83. The van der Waals surface area contributed by atoms with Gasteiger partial charge in [-0.25, -0.2) is 4.39 Å². The fourth-order valence-electron chi connectivity index (χ4n) is 1.59. The average Bonchev–Trinajstić information content (AvgIpc) is 2.12. The normalized spacial score (nSPS) is 27.0. The van der Waals surface area contributed by atoms with E-state index in [0.29, 0.717) is 5.25 Å². The lowest BCUT2D eigenvalue weighted by atomic mass is 9.99. The summed E-state index contributed by atoms with van der Waals surface area (Å²) in [5.74, 6) is 0.762. The third kappa shape index (κ3) is 1.58. The molecule has 0 saturated heterocycles. The van der Waals surface area contributed by atoms with E-state index in [2.05, 4.69) is 6.92 Å². The highest BCUT2D eigenvalue weighted by molar-refractivity contribution is 7.99. The van der Waals surface area contributed by atoms with Crippen molar-refractivity contribution in [3.8, 4) is 0 Å². The van der Waals surface area contributed by atoms with Gasteiger partial charge in [-0.1, -0.05) is 13.0 Å². The molecule has 0 radical (unpaired) electrons. The Hall–Kier alpha value is -0.540. The molecule has 1 aliphatic heterocycles. The Morgan fingerprint density at radius 1 is 1.54 bits per heavy atom. The Morgan fingerprint density at radius 3 is 3.08 bits per heavy atom. The summed E-state index contributed by atoms with van der Waals surface area (Å²) in [5, 5.41) is 0.384. The van der Waals surface area contributed by atoms with Gasteiger partial charge >= 0.3 is 0 Å². The van der Waals surface area contributed by atoms with Crippen molar-refractivity contribution in [2.75, 3.05) is 0 Å². The maximum Gasteiger partial charge on any atom is 0.123 e. The molecular weight excluding hydrogens is 185 g/mol. The summed E-state index contributed by atoms with van der Waals surface area (Å²) < 4.78 is 12.9. The maximum atomic E-state index is 12.9. The van der Waals surface area contributed by atoms with Crippen LogP contribution in [0.3, 0.4) is 0 Å². The van der Waals surface area contributed by atoms with E-state index in [0.717, 1.165) is 11.3 Å². The highest BCUT2D eigenvalue weighted by atomic mass is 32.2. The summed E-state index contributed by atoms with van der Waals surface area (Å²) in [4.78, 5) is 0. The van der Waals surface area contributed by atoms with Crippen LogP contribution < -0.4 is 5.73 Å². The monoisotopic (exact) mass is 197 g/mol. The van der Waals surface area contributed by atoms with Crippen molar-refractivity contribution in [3.05, 3.63) is 35.1 Å². The van der Waals surface area contributed by atoms with E-state index < -0.39 is 0 Å². The van der Waals surface area contributed by atoms with Crippen molar-refractivity contribution in [2.24, 2.45) is 5.73 Å². The summed E-state index contributed by atoms with van der Waals surface area (Å²) in [6.07, 6.45) is 0. The predicted molar refractivity (Wildman–Crippen MR) is 54.1 cm³/mol. The molecule has 1 aromatic carbocycles. The molecule has 0 aliphatic carbocycles. The molecular formula is C10H12FNS. The molecule has 3 heteroatoms. The van der Waals surface area contributed by atoms with Gasteiger partial charge in [0.1, 0.15) is 5.82 Å². The molecule has 2 atom stereocenters. The van der Waals surface area contributed by atoms with Crippen LogP contribution in [-0.2, 0) is 5.75 Å². The quantitative estimate of drug-likeness (QED) is 0.691. The molecule has 0 saturated carbocycles. The zero-order valence-corrected chi connectivity index (χ0v) is 8.27. The van der Waals surface area contributed by atoms with Crippen LogP contribution in [0.4, 0.5) is 4.39 Å². The van der Waals surface area contributed by atoms with Gasteiger partial charge in [-0.3, -0.25) is 0 Å². The lowest BCUT2D eigenvalue weighted by molar-refractivity contribution is 0.615. The van der Waals surface area contributed by atoms with Gasteiger partial charge < -0.3 is 5.73 Å². The van der Waals surface area contributed by atoms with E-state index in [1.165, 1.54) is 11.6 Å². The Kier molecular flexibility index (Phi) is 2.30. The smallest absolute Gasteiger partial charge is 0.123 e. The first kappa shape index (κ1) is 9.03. The fraction of sp³-hybridized carbons (Fsp3) is 0.400. The highest BCUT2D eigenvalue weighted by Crippen LogP contribution is 2.35. The third-order valence-corrected chi connectivity index (χ3v) is 3.77. The van der Waals surface area contributed by atoms with E-state index in [1.54, 1.807) is 6.07 Å². The van der Waals surface area contributed by atoms with Crippen molar-refractivity contribution in [2.45, 2.75) is 24.0 Å². The van der Waals surface area contributed by atoms with Gasteiger partial charge in [0.25, 0.3) is 0 Å². The number of hydrogen-bond acceptors (Lipinski definition) is 2. The number of fused-ring (bicyclic) bond motifs is 1. The SMILES string of the molecule is CC1SCc2ccc(F)cc2C1N.